The van der Waals surface area contributed by atoms with Gasteiger partial charge in [0.05, 0.1) is 11.4 Å². The van der Waals surface area contributed by atoms with Crippen molar-refractivity contribution >= 4 is 9.84 Å². The topological polar surface area (TPSA) is 57.6 Å². The highest BCUT2D eigenvalue weighted by Crippen LogP contribution is 2.34. The van der Waals surface area contributed by atoms with Crippen LogP contribution in [-0.4, -0.2) is 55.2 Å². The Labute approximate surface area is 91.2 Å². The predicted octanol–water partition coefficient (Wildman–Crippen LogP) is 0.0203. The number of rotatable bonds is 4. The highest BCUT2D eigenvalue weighted by molar-refractivity contribution is 7.90. The van der Waals surface area contributed by atoms with Crippen molar-refractivity contribution < 1.29 is 13.5 Å². The lowest BCUT2D eigenvalue weighted by molar-refractivity contribution is 0.0453. The van der Waals surface area contributed by atoms with Gasteiger partial charge in [0.1, 0.15) is 9.84 Å². The number of hydrogen-bond acceptors (Lipinski definition) is 4. The summed E-state index contributed by atoms with van der Waals surface area (Å²) in [6.45, 7) is 1.58. The van der Waals surface area contributed by atoms with Crippen LogP contribution in [0.3, 0.4) is 0 Å². The number of hydrogen-bond donors (Lipinski definition) is 1. The van der Waals surface area contributed by atoms with Crippen LogP contribution in [-0.2, 0) is 9.84 Å². The molecule has 1 N–H and O–H groups in total. The van der Waals surface area contributed by atoms with E-state index in [9.17, 15) is 13.5 Å². The van der Waals surface area contributed by atoms with Gasteiger partial charge in [-0.1, -0.05) is 0 Å². The fourth-order valence-electron chi connectivity index (χ4n) is 2.22. The average molecular weight is 233 g/mol. The van der Waals surface area contributed by atoms with Crippen molar-refractivity contribution in [3.63, 3.8) is 0 Å². The number of nitrogens with zero attached hydrogens (tertiary/aromatic N) is 1. The van der Waals surface area contributed by atoms with Crippen LogP contribution in [0, 0.1) is 0 Å². The quantitative estimate of drug-likeness (QED) is 0.744. The zero-order valence-corrected chi connectivity index (χ0v) is 9.96. The first-order valence-electron chi connectivity index (χ1n) is 5.52. The summed E-state index contributed by atoms with van der Waals surface area (Å²) in [7, 11) is -2.95. The number of sulfone groups is 1. The smallest absolute Gasteiger partial charge is 0.147 e. The molecule has 1 aliphatic heterocycles. The van der Waals surface area contributed by atoms with Gasteiger partial charge < -0.3 is 5.11 Å². The van der Waals surface area contributed by atoms with Crippen molar-refractivity contribution in [2.45, 2.75) is 37.3 Å². The summed E-state index contributed by atoms with van der Waals surface area (Å²) in [5.74, 6) is 0.0992. The Morgan fingerprint density at radius 1 is 1.47 bits per heavy atom. The molecule has 2 rings (SSSR count). The van der Waals surface area contributed by atoms with Crippen LogP contribution in [0.1, 0.15) is 25.7 Å². The Balaban J connectivity index is 1.86. The average Bonchev–Trinajstić information content (AvgIpc) is 2.88. The van der Waals surface area contributed by atoms with Gasteiger partial charge in [-0.15, -0.1) is 0 Å². The van der Waals surface area contributed by atoms with Crippen LogP contribution in [0.4, 0.5) is 0 Å². The monoisotopic (exact) mass is 233 g/mol. The van der Waals surface area contributed by atoms with E-state index in [4.69, 9.17) is 0 Å². The van der Waals surface area contributed by atoms with Crippen molar-refractivity contribution in [1.29, 1.82) is 0 Å². The van der Waals surface area contributed by atoms with Gasteiger partial charge >= 0.3 is 0 Å². The van der Waals surface area contributed by atoms with Gasteiger partial charge in [0.25, 0.3) is 0 Å². The summed E-state index contributed by atoms with van der Waals surface area (Å²) in [5, 5.41) is 10.2. The summed E-state index contributed by atoms with van der Waals surface area (Å²) in [5.41, 5.74) is -0.758. The number of aliphatic hydroxyl groups is 1. The standard InChI is InChI=1S/C10H19NO3S/c1-15(13,14)7-5-10(12)4-6-11(8-10)9-2-3-9/h9,12H,2-8H2,1H3. The van der Waals surface area contributed by atoms with Crippen LogP contribution >= 0.6 is 0 Å². The lowest BCUT2D eigenvalue weighted by Gasteiger charge is -2.22. The molecule has 1 heterocycles. The van der Waals surface area contributed by atoms with E-state index in [2.05, 4.69) is 4.90 Å². The van der Waals surface area contributed by atoms with Crippen molar-refractivity contribution in [3.05, 3.63) is 0 Å². The van der Waals surface area contributed by atoms with Crippen LogP contribution in [0.15, 0.2) is 0 Å². The molecule has 0 aromatic rings. The first-order chi connectivity index (χ1) is 6.88. The third-order valence-electron chi connectivity index (χ3n) is 3.36. The molecule has 88 valence electrons. The van der Waals surface area contributed by atoms with E-state index in [-0.39, 0.29) is 5.75 Å². The molecule has 2 aliphatic rings. The Morgan fingerprint density at radius 2 is 2.13 bits per heavy atom. The molecule has 0 amide bonds. The minimum atomic E-state index is -2.95. The molecule has 0 radical (unpaired) electrons. The number of likely N-dealkylation sites (tertiary alicyclic amines) is 1. The molecule has 0 aromatic carbocycles. The van der Waals surface area contributed by atoms with E-state index in [0.29, 0.717) is 19.0 Å². The molecule has 1 saturated carbocycles. The molecule has 0 bridgehead atoms. The molecule has 1 unspecified atom stereocenters. The summed E-state index contributed by atoms with van der Waals surface area (Å²) < 4.78 is 22.1. The van der Waals surface area contributed by atoms with Crippen LogP contribution < -0.4 is 0 Å². The van der Waals surface area contributed by atoms with E-state index in [1.807, 2.05) is 0 Å². The molecule has 0 aromatic heterocycles. The minimum absolute atomic E-state index is 0.0992. The van der Waals surface area contributed by atoms with Gasteiger partial charge in [-0.3, -0.25) is 4.90 Å². The minimum Gasteiger partial charge on any atom is -0.388 e. The van der Waals surface area contributed by atoms with Gasteiger partial charge in [0.15, 0.2) is 0 Å². The first-order valence-corrected chi connectivity index (χ1v) is 7.58. The third kappa shape index (κ3) is 3.16. The molecule has 15 heavy (non-hydrogen) atoms. The van der Waals surface area contributed by atoms with Gasteiger partial charge in [-0.25, -0.2) is 8.42 Å². The lowest BCUT2D eigenvalue weighted by Crippen LogP contribution is -2.35. The molecule has 4 nitrogen and oxygen atoms in total. The Morgan fingerprint density at radius 3 is 2.67 bits per heavy atom. The molecule has 0 spiro atoms. The van der Waals surface area contributed by atoms with Gasteiger partial charge in [-0.2, -0.15) is 0 Å². The van der Waals surface area contributed by atoms with Crippen LogP contribution in [0.5, 0.6) is 0 Å². The lowest BCUT2D eigenvalue weighted by atomic mass is 10.0. The maximum atomic E-state index is 11.0. The third-order valence-corrected chi connectivity index (χ3v) is 4.31. The predicted molar refractivity (Wildman–Crippen MR) is 58.5 cm³/mol. The summed E-state index contributed by atoms with van der Waals surface area (Å²) in [4.78, 5) is 2.29. The highest BCUT2D eigenvalue weighted by Gasteiger charge is 2.41. The largest absolute Gasteiger partial charge is 0.388 e. The fourth-order valence-corrected chi connectivity index (χ4v) is 2.97. The Kier molecular flexibility index (Phi) is 2.81. The van der Waals surface area contributed by atoms with E-state index in [1.54, 1.807) is 0 Å². The van der Waals surface area contributed by atoms with Crippen molar-refractivity contribution in [2.24, 2.45) is 0 Å². The molecule has 1 aliphatic carbocycles. The summed E-state index contributed by atoms with van der Waals surface area (Å²) in [6.07, 6.45) is 4.81. The normalized spacial score (nSPS) is 33.5. The zero-order valence-electron chi connectivity index (χ0n) is 9.15. The zero-order chi connectivity index (χ0) is 11.1. The van der Waals surface area contributed by atoms with Gasteiger partial charge in [0.2, 0.25) is 0 Å². The second-order valence-electron chi connectivity index (χ2n) is 5.06. The highest BCUT2D eigenvalue weighted by atomic mass is 32.2. The van der Waals surface area contributed by atoms with Crippen molar-refractivity contribution in [3.8, 4) is 0 Å². The van der Waals surface area contributed by atoms with Gasteiger partial charge in [0, 0.05) is 25.4 Å². The Hall–Kier alpha value is -0.130. The second-order valence-corrected chi connectivity index (χ2v) is 7.32. The Bertz CT molecular complexity index is 337. The van der Waals surface area contributed by atoms with Crippen LogP contribution in [0.25, 0.3) is 0 Å². The van der Waals surface area contributed by atoms with E-state index in [0.717, 1.165) is 13.0 Å². The first kappa shape index (κ1) is 11.4. The molecule has 1 atom stereocenters. The second kappa shape index (κ2) is 3.71. The molecule has 2 fully saturated rings. The summed E-state index contributed by atoms with van der Waals surface area (Å²) >= 11 is 0. The van der Waals surface area contributed by atoms with E-state index >= 15 is 0 Å². The summed E-state index contributed by atoms with van der Waals surface area (Å²) in [6, 6.07) is 0.664. The molecule has 5 heteroatoms. The fraction of sp³-hybridized carbons (Fsp3) is 1.00. The van der Waals surface area contributed by atoms with Crippen LogP contribution in [0.2, 0.25) is 0 Å². The SMILES string of the molecule is CS(=O)(=O)CCC1(O)CCN(C2CC2)C1. The maximum absolute atomic E-state index is 11.0. The molecular formula is C10H19NO3S. The molecular weight excluding hydrogens is 214 g/mol. The maximum Gasteiger partial charge on any atom is 0.147 e. The van der Waals surface area contributed by atoms with Crippen molar-refractivity contribution in [2.75, 3.05) is 25.1 Å². The van der Waals surface area contributed by atoms with Gasteiger partial charge in [-0.05, 0) is 25.7 Å². The van der Waals surface area contributed by atoms with Crippen molar-refractivity contribution in [1.82, 2.24) is 4.90 Å². The van der Waals surface area contributed by atoms with E-state index in [1.165, 1.54) is 19.1 Å². The van der Waals surface area contributed by atoms with E-state index < -0.39 is 15.4 Å². The molecule has 1 saturated heterocycles. The number of β-amino-alcohol motifs (C(OH)–C–C–N with tert-alkyl or cyclic N) is 1.